The van der Waals surface area contributed by atoms with E-state index in [9.17, 15) is 0 Å². The molecule has 108 valence electrons. The van der Waals surface area contributed by atoms with Crippen LogP contribution in [0.15, 0.2) is 16.6 Å². The van der Waals surface area contributed by atoms with Crippen molar-refractivity contribution in [1.29, 1.82) is 0 Å². The Morgan fingerprint density at radius 1 is 1.26 bits per heavy atom. The fraction of sp³-hybridized carbons (Fsp3) is 0.571. The van der Waals surface area contributed by atoms with Gasteiger partial charge in [0.25, 0.3) is 0 Å². The molecule has 0 aromatic heterocycles. The Morgan fingerprint density at radius 3 is 2.32 bits per heavy atom. The Kier molecular flexibility index (Phi) is 5.64. The minimum Gasteiger partial charge on any atom is -0.495 e. The minimum absolute atomic E-state index is 0.0251. The quantitative estimate of drug-likeness (QED) is 0.641. The van der Waals surface area contributed by atoms with Crippen LogP contribution in [0.4, 0.5) is 0 Å². The Balaban J connectivity index is 3.21. The molecule has 19 heavy (non-hydrogen) atoms. The van der Waals surface area contributed by atoms with Crippen molar-refractivity contribution in [3.05, 3.63) is 22.2 Å². The molecule has 5 heteroatoms. The lowest BCUT2D eigenvalue weighted by atomic mass is 9.85. The Morgan fingerprint density at radius 2 is 1.89 bits per heavy atom. The molecule has 3 N–H and O–H groups in total. The Hall–Kier alpha value is -0.780. The van der Waals surface area contributed by atoms with Crippen LogP contribution < -0.4 is 20.7 Å². The molecule has 0 aliphatic rings. The number of methoxy groups -OCH3 is 2. The predicted octanol–water partition coefficient (Wildman–Crippen LogP) is 3.41. The topological polar surface area (TPSA) is 56.5 Å². The molecule has 0 amide bonds. The van der Waals surface area contributed by atoms with Crippen LogP contribution in [0.3, 0.4) is 0 Å². The van der Waals surface area contributed by atoms with Crippen LogP contribution >= 0.6 is 15.9 Å². The maximum absolute atomic E-state index is 5.70. The molecule has 0 aliphatic heterocycles. The zero-order valence-electron chi connectivity index (χ0n) is 12.2. The number of ether oxygens (including phenoxy) is 2. The van der Waals surface area contributed by atoms with Gasteiger partial charge in [-0.05, 0) is 39.9 Å². The number of halogens is 1. The lowest BCUT2D eigenvalue weighted by Crippen LogP contribution is -2.31. The minimum atomic E-state index is 0.0251. The van der Waals surface area contributed by atoms with Crippen LogP contribution in [0.5, 0.6) is 11.5 Å². The van der Waals surface area contributed by atoms with Gasteiger partial charge in [0.1, 0.15) is 16.0 Å². The van der Waals surface area contributed by atoms with Gasteiger partial charge in [0.05, 0.1) is 20.3 Å². The van der Waals surface area contributed by atoms with Crippen molar-refractivity contribution in [1.82, 2.24) is 5.43 Å². The van der Waals surface area contributed by atoms with E-state index < -0.39 is 0 Å². The van der Waals surface area contributed by atoms with Crippen LogP contribution in [0, 0.1) is 5.41 Å². The summed E-state index contributed by atoms with van der Waals surface area (Å²) in [6.45, 7) is 6.55. The number of nitrogens with two attached hydrogens (primary N) is 1. The monoisotopic (exact) mass is 330 g/mol. The maximum Gasteiger partial charge on any atom is 0.141 e. The van der Waals surface area contributed by atoms with Crippen molar-refractivity contribution in [2.45, 2.75) is 33.2 Å². The summed E-state index contributed by atoms with van der Waals surface area (Å²) in [6, 6.07) is 3.92. The molecular weight excluding hydrogens is 308 g/mol. The van der Waals surface area contributed by atoms with Gasteiger partial charge in [-0.2, -0.15) is 0 Å². The van der Waals surface area contributed by atoms with E-state index in [2.05, 4.69) is 42.1 Å². The second-order valence-electron chi connectivity index (χ2n) is 5.69. The van der Waals surface area contributed by atoms with Crippen LogP contribution in [-0.4, -0.2) is 14.2 Å². The summed E-state index contributed by atoms with van der Waals surface area (Å²) in [5.41, 5.74) is 4.05. The van der Waals surface area contributed by atoms with Gasteiger partial charge in [0.15, 0.2) is 0 Å². The first kappa shape index (κ1) is 16.3. The number of rotatable bonds is 5. The van der Waals surface area contributed by atoms with Crippen molar-refractivity contribution < 1.29 is 9.47 Å². The van der Waals surface area contributed by atoms with Gasteiger partial charge in [0, 0.05) is 5.56 Å². The van der Waals surface area contributed by atoms with Crippen molar-refractivity contribution in [2.24, 2.45) is 11.3 Å². The first-order chi connectivity index (χ1) is 8.84. The molecule has 0 bridgehead atoms. The second-order valence-corrected chi connectivity index (χ2v) is 6.48. The average molecular weight is 331 g/mol. The summed E-state index contributed by atoms with van der Waals surface area (Å²) in [5, 5.41) is 0. The molecule has 0 fully saturated rings. The average Bonchev–Trinajstić information content (AvgIpc) is 2.34. The van der Waals surface area contributed by atoms with E-state index in [0.29, 0.717) is 0 Å². The summed E-state index contributed by atoms with van der Waals surface area (Å²) in [4.78, 5) is 0. The molecule has 0 saturated heterocycles. The number of nitrogens with one attached hydrogen (secondary N) is 1. The van der Waals surface area contributed by atoms with Gasteiger partial charge >= 0.3 is 0 Å². The molecule has 1 atom stereocenters. The maximum atomic E-state index is 5.70. The molecule has 0 aliphatic carbocycles. The summed E-state index contributed by atoms with van der Waals surface area (Å²) in [7, 11) is 3.28. The van der Waals surface area contributed by atoms with Gasteiger partial charge in [-0.15, -0.1) is 0 Å². The fourth-order valence-electron chi connectivity index (χ4n) is 2.06. The predicted molar refractivity (Wildman–Crippen MR) is 81.4 cm³/mol. The Bertz CT molecular complexity index is 430. The van der Waals surface area contributed by atoms with Crippen molar-refractivity contribution in [2.75, 3.05) is 14.2 Å². The smallest absolute Gasteiger partial charge is 0.141 e. The van der Waals surface area contributed by atoms with E-state index in [1.54, 1.807) is 14.2 Å². The summed E-state index contributed by atoms with van der Waals surface area (Å²) in [6.07, 6.45) is 0.901. The lowest BCUT2D eigenvalue weighted by molar-refractivity contribution is 0.305. The highest BCUT2D eigenvalue weighted by Crippen LogP contribution is 2.41. The van der Waals surface area contributed by atoms with Crippen LogP contribution in [-0.2, 0) is 0 Å². The van der Waals surface area contributed by atoms with E-state index >= 15 is 0 Å². The lowest BCUT2D eigenvalue weighted by Gasteiger charge is -2.27. The first-order valence-electron chi connectivity index (χ1n) is 6.20. The van der Waals surface area contributed by atoms with E-state index in [1.807, 2.05) is 12.1 Å². The number of hydrazine groups is 1. The number of hydrogen-bond donors (Lipinski definition) is 2. The molecular formula is C14H23BrN2O2. The molecule has 0 radical (unpaired) electrons. The summed E-state index contributed by atoms with van der Waals surface area (Å²) >= 11 is 3.51. The third kappa shape index (κ3) is 4.09. The van der Waals surface area contributed by atoms with Gasteiger partial charge in [-0.3, -0.25) is 11.3 Å². The van der Waals surface area contributed by atoms with Crippen molar-refractivity contribution in [3.8, 4) is 11.5 Å². The highest BCUT2D eigenvalue weighted by molar-refractivity contribution is 9.10. The zero-order chi connectivity index (χ0) is 14.6. The van der Waals surface area contributed by atoms with Crippen molar-refractivity contribution >= 4 is 15.9 Å². The van der Waals surface area contributed by atoms with Crippen LogP contribution in [0.1, 0.15) is 38.8 Å². The molecule has 1 aromatic rings. The molecule has 4 nitrogen and oxygen atoms in total. The number of hydrogen-bond acceptors (Lipinski definition) is 4. The van der Waals surface area contributed by atoms with Gasteiger partial charge < -0.3 is 9.47 Å². The van der Waals surface area contributed by atoms with Gasteiger partial charge in [-0.1, -0.05) is 20.8 Å². The third-order valence-electron chi connectivity index (χ3n) is 2.91. The van der Waals surface area contributed by atoms with E-state index in [0.717, 1.165) is 28.0 Å². The fourth-order valence-corrected chi connectivity index (χ4v) is 2.75. The molecule has 0 spiro atoms. The largest absolute Gasteiger partial charge is 0.495 e. The molecule has 1 rings (SSSR count). The highest BCUT2D eigenvalue weighted by Gasteiger charge is 2.24. The second kappa shape index (κ2) is 6.59. The van der Waals surface area contributed by atoms with E-state index in [1.165, 1.54) is 0 Å². The van der Waals surface area contributed by atoms with Gasteiger partial charge in [-0.25, -0.2) is 0 Å². The van der Waals surface area contributed by atoms with Crippen molar-refractivity contribution in [3.63, 3.8) is 0 Å². The van der Waals surface area contributed by atoms with Crippen LogP contribution in [0.25, 0.3) is 0 Å². The zero-order valence-corrected chi connectivity index (χ0v) is 13.8. The normalized spacial score (nSPS) is 13.2. The molecule has 1 aromatic carbocycles. The summed E-state index contributed by atoms with van der Waals surface area (Å²) < 4.78 is 11.6. The third-order valence-corrected chi connectivity index (χ3v) is 3.66. The Labute approximate surface area is 123 Å². The molecule has 0 saturated carbocycles. The van der Waals surface area contributed by atoms with Crippen LogP contribution in [0.2, 0.25) is 0 Å². The standard InChI is InChI=1S/C14H23BrN2O2/c1-14(2,3)8-10(17-16)9-6-7-11(18-4)12(15)13(9)19-5/h6-7,10,17H,8,16H2,1-5H3. The number of benzene rings is 1. The molecule has 0 heterocycles. The highest BCUT2D eigenvalue weighted by atomic mass is 79.9. The SMILES string of the molecule is COc1ccc(C(CC(C)(C)C)NN)c(OC)c1Br. The van der Waals surface area contributed by atoms with Gasteiger partial charge in [0.2, 0.25) is 0 Å². The summed E-state index contributed by atoms with van der Waals surface area (Å²) in [5.74, 6) is 7.20. The first-order valence-corrected chi connectivity index (χ1v) is 7.00. The van der Waals surface area contributed by atoms with E-state index in [4.69, 9.17) is 15.3 Å². The molecule has 1 unspecified atom stereocenters. The van der Waals surface area contributed by atoms with E-state index in [-0.39, 0.29) is 11.5 Å².